The standard InChI is InChI=1S/C23H25NO5/c1-5-14-28-21-13-7-17(15-22(21)27-4)6-12-20(25)18-8-10-19(11-9-18)29-16-23(26)24(2)3/h5-13,15H,1,14,16H2,2-4H3/b12-6+. The fourth-order valence-electron chi connectivity index (χ4n) is 2.31. The van der Waals surface area contributed by atoms with Crippen LogP contribution in [0.5, 0.6) is 17.2 Å². The number of carbonyl (C=O) groups is 2. The van der Waals surface area contributed by atoms with E-state index in [1.807, 2.05) is 6.07 Å². The Labute approximate surface area is 171 Å². The van der Waals surface area contributed by atoms with Gasteiger partial charge >= 0.3 is 0 Å². The van der Waals surface area contributed by atoms with E-state index in [9.17, 15) is 9.59 Å². The number of benzene rings is 2. The van der Waals surface area contributed by atoms with Crippen molar-refractivity contribution in [3.05, 3.63) is 72.3 Å². The molecule has 6 nitrogen and oxygen atoms in total. The Hall–Kier alpha value is -3.54. The first-order chi connectivity index (χ1) is 13.9. The summed E-state index contributed by atoms with van der Waals surface area (Å²) in [5.41, 5.74) is 1.33. The SMILES string of the molecule is C=CCOc1ccc(/C=C/C(=O)c2ccc(OCC(=O)N(C)C)cc2)cc1OC. The molecule has 0 bridgehead atoms. The fraction of sp³-hybridized carbons (Fsp3) is 0.217. The second-order valence-corrected chi connectivity index (χ2v) is 6.31. The number of ether oxygens (including phenoxy) is 3. The number of amides is 1. The van der Waals surface area contributed by atoms with Crippen molar-refractivity contribution in [1.29, 1.82) is 0 Å². The number of hydrogen-bond acceptors (Lipinski definition) is 5. The summed E-state index contributed by atoms with van der Waals surface area (Å²) in [4.78, 5) is 25.4. The first kappa shape index (κ1) is 21.8. The summed E-state index contributed by atoms with van der Waals surface area (Å²) >= 11 is 0. The average molecular weight is 395 g/mol. The summed E-state index contributed by atoms with van der Waals surface area (Å²) in [6, 6.07) is 12.1. The summed E-state index contributed by atoms with van der Waals surface area (Å²) < 4.78 is 16.2. The van der Waals surface area contributed by atoms with Crippen LogP contribution in [0, 0.1) is 0 Å². The molecule has 0 saturated heterocycles. The van der Waals surface area contributed by atoms with Gasteiger partial charge in [0.05, 0.1) is 7.11 Å². The van der Waals surface area contributed by atoms with Gasteiger partial charge in [0.1, 0.15) is 12.4 Å². The molecule has 2 aromatic rings. The number of ketones is 1. The van der Waals surface area contributed by atoms with E-state index in [1.54, 1.807) is 69.8 Å². The second kappa shape index (κ2) is 10.7. The summed E-state index contributed by atoms with van der Waals surface area (Å²) in [7, 11) is 4.89. The normalized spacial score (nSPS) is 10.4. The molecular weight excluding hydrogens is 370 g/mol. The predicted molar refractivity (Wildman–Crippen MR) is 113 cm³/mol. The van der Waals surface area contributed by atoms with Gasteiger partial charge in [0.15, 0.2) is 23.9 Å². The van der Waals surface area contributed by atoms with Crippen molar-refractivity contribution in [2.45, 2.75) is 0 Å². The molecule has 0 spiro atoms. The van der Waals surface area contributed by atoms with Crippen LogP contribution in [0.25, 0.3) is 6.08 Å². The van der Waals surface area contributed by atoms with Crippen molar-refractivity contribution < 1.29 is 23.8 Å². The molecule has 2 rings (SSSR count). The lowest BCUT2D eigenvalue weighted by atomic mass is 10.1. The third-order valence-electron chi connectivity index (χ3n) is 3.97. The molecule has 0 aliphatic rings. The van der Waals surface area contributed by atoms with Crippen molar-refractivity contribution >= 4 is 17.8 Å². The van der Waals surface area contributed by atoms with Gasteiger partial charge in [-0.05, 0) is 48.0 Å². The lowest BCUT2D eigenvalue weighted by molar-refractivity contribution is -0.130. The number of rotatable bonds is 10. The van der Waals surface area contributed by atoms with Gasteiger partial charge in [-0.1, -0.05) is 24.8 Å². The molecule has 0 fully saturated rings. The van der Waals surface area contributed by atoms with Crippen LogP contribution in [-0.4, -0.2) is 51.0 Å². The van der Waals surface area contributed by atoms with Crippen molar-refractivity contribution in [3.63, 3.8) is 0 Å². The summed E-state index contributed by atoms with van der Waals surface area (Å²) in [6.45, 7) is 3.95. The molecule has 6 heteroatoms. The van der Waals surface area contributed by atoms with Gasteiger partial charge in [-0.15, -0.1) is 0 Å². The van der Waals surface area contributed by atoms with Crippen LogP contribution in [-0.2, 0) is 4.79 Å². The molecule has 0 aliphatic carbocycles. The number of allylic oxidation sites excluding steroid dienone is 1. The molecule has 1 amide bonds. The Balaban J connectivity index is 2.01. The quantitative estimate of drug-likeness (QED) is 0.349. The average Bonchev–Trinajstić information content (AvgIpc) is 2.74. The zero-order valence-electron chi connectivity index (χ0n) is 16.9. The zero-order chi connectivity index (χ0) is 21.2. The molecule has 0 aromatic heterocycles. The summed E-state index contributed by atoms with van der Waals surface area (Å²) in [5.74, 6) is 1.44. The minimum absolute atomic E-state index is 0.0471. The molecule has 0 saturated carbocycles. The van der Waals surface area contributed by atoms with E-state index < -0.39 is 0 Å². The van der Waals surface area contributed by atoms with Crippen molar-refractivity contribution in [2.24, 2.45) is 0 Å². The van der Waals surface area contributed by atoms with Gasteiger partial charge in [0.25, 0.3) is 5.91 Å². The van der Waals surface area contributed by atoms with E-state index in [-0.39, 0.29) is 18.3 Å². The monoisotopic (exact) mass is 395 g/mol. The lowest BCUT2D eigenvalue weighted by Crippen LogP contribution is -2.27. The molecule has 0 heterocycles. The van der Waals surface area contributed by atoms with Crippen LogP contribution in [0.2, 0.25) is 0 Å². The first-order valence-corrected chi connectivity index (χ1v) is 9.01. The first-order valence-electron chi connectivity index (χ1n) is 9.01. The zero-order valence-corrected chi connectivity index (χ0v) is 16.9. The molecule has 0 unspecified atom stereocenters. The number of carbonyl (C=O) groups excluding carboxylic acids is 2. The maximum absolute atomic E-state index is 12.4. The molecule has 0 N–H and O–H groups in total. The maximum atomic E-state index is 12.4. The summed E-state index contributed by atoms with van der Waals surface area (Å²) in [6.07, 6.45) is 4.86. The van der Waals surface area contributed by atoms with Crippen LogP contribution in [0.4, 0.5) is 0 Å². The minimum atomic E-state index is -0.146. The van der Waals surface area contributed by atoms with Crippen LogP contribution < -0.4 is 14.2 Å². The Bertz CT molecular complexity index is 885. The third-order valence-corrected chi connectivity index (χ3v) is 3.97. The van der Waals surface area contributed by atoms with E-state index in [0.717, 1.165) is 5.56 Å². The molecule has 0 aliphatic heterocycles. The van der Waals surface area contributed by atoms with Gasteiger partial charge in [-0.25, -0.2) is 0 Å². The predicted octanol–water partition coefficient (Wildman–Crippen LogP) is 3.62. The van der Waals surface area contributed by atoms with E-state index in [1.165, 1.54) is 11.0 Å². The van der Waals surface area contributed by atoms with Gasteiger partial charge < -0.3 is 19.1 Å². The minimum Gasteiger partial charge on any atom is -0.493 e. The Morgan fingerprint density at radius 3 is 2.38 bits per heavy atom. The maximum Gasteiger partial charge on any atom is 0.259 e. The molecule has 2 aromatic carbocycles. The van der Waals surface area contributed by atoms with Gasteiger partial charge in [-0.2, -0.15) is 0 Å². The van der Waals surface area contributed by atoms with Crippen LogP contribution in [0.3, 0.4) is 0 Å². The highest BCUT2D eigenvalue weighted by Gasteiger charge is 2.07. The Morgan fingerprint density at radius 1 is 1.03 bits per heavy atom. The second-order valence-electron chi connectivity index (χ2n) is 6.31. The number of nitrogens with zero attached hydrogens (tertiary/aromatic N) is 1. The number of hydrogen-bond donors (Lipinski definition) is 0. The van der Waals surface area contributed by atoms with Crippen molar-refractivity contribution in [3.8, 4) is 17.2 Å². The lowest BCUT2D eigenvalue weighted by Gasteiger charge is -2.11. The molecule has 0 atom stereocenters. The number of likely N-dealkylation sites (N-methyl/N-ethyl adjacent to an activating group) is 1. The van der Waals surface area contributed by atoms with Gasteiger partial charge in [-0.3, -0.25) is 9.59 Å². The van der Waals surface area contributed by atoms with Gasteiger partial charge in [0, 0.05) is 19.7 Å². The van der Waals surface area contributed by atoms with Crippen LogP contribution in [0.15, 0.2) is 61.2 Å². The van der Waals surface area contributed by atoms with E-state index in [0.29, 0.717) is 29.4 Å². The highest BCUT2D eigenvalue weighted by atomic mass is 16.5. The molecular formula is C23H25NO5. The van der Waals surface area contributed by atoms with E-state index in [2.05, 4.69) is 6.58 Å². The van der Waals surface area contributed by atoms with E-state index in [4.69, 9.17) is 14.2 Å². The van der Waals surface area contributed by atoms with Crippen molar-refractivity contribution in [2.75, 3.05) is 34.4 Å². The largest absolute Gasteiger partial charge is 0.493 e. The Kier molecular flexibility index (Phi) is 8.03. The highest BCUT2D eigenvalue weighted by Crippen LogP contribution is 2.28. The number of methoxy groups -OCH3 is 1. The van der Waals surface area contributed by atoms with Crippen molar-refractivity contribution in [1.82, 2.24) is 4.90 Å². The molecule has 29 heavy (non-hydrogen) atoms. The fourth-order valence-corrected chi connectivity index (χ4v) is 2.31. The van der Waals surface area contributed by atoms with Crippen LogP contribution in [0.1, 0.15) is 15.9 Å². The van der Waals surface area contributed by atoms with E-state index >= 15 is 0 Å². The smallest absolute Gasteiger partial charge is 0.259 e. The highest BCUT2D eigenvalue weighted by molar-refractivity contribution is 6.06. The topological polar surface area (TPSA) is 65.1 Å². The summed E-state index contributed by atoms with van der Waals surface area (Å²) in [5, 5.41) is 0. The molecule has 0 radical (unpaired) electrons. The Morgan fingerprint density at radius 2 is 1.76 bits per heavy atom. The van der Waals surface area contributed by atoms with Crippen LogP contribution >= 0.6 is 0 Å². The molecule has 152 valence electrons. The van der Waals surface area contributed by atoms with Gasteiger partial charge in [0.2, 0.25) is 0 Å². The third kappa shape index (κ3) is 6.53.